The van der Waals surface area contributed by atoms with Crippen LogP contribution in [-0.4, -0.2) is 22.5 Å². The summed E-state index contributed by atoms with van der Waals surface area (Å²) in [7, 11) is 0. The van der Waals surface area contributed by atoms with Crippen molar-refractivity contribution >= 4 is 38.8 Å². The van der Waals surface area contributed by atoms with E-state index in [0.717, 1.165) is 15.5 Å². The smallest absolute Gasteiger partial charge is 0.261 e. The first-order chi connectivity index (χ1) is 10.7. The molecule has 22 heavy (non-hydrogen) atoms. The Kier molecular flexibility index (Phi) is 4.11. The first-order valence-electron chi connectivity index (χ1n) is 6.86. The second-order valence-electron chi connectivity index (χ2n) is 4.63. The number of para-hydroxylation sites is 2. The lowest BCUT2D eigenvalue weighted by molar-refractivity contribution is 0.102. The zero-order chi connectivity index (χ0) is 15.5. The molecule has 0 atom stereocenters. The highest BCUT2D eigenvalue weighted by Crippen LogP contribution is 2.24. The van der Waals surface area contributed by atoms with Crippen LogP contribution in [0.2, 0.25) is 0 Å². The fourth-order valence-electron chi connectivity index (χ4n) is 2.15. The van der Waals surface area contributed by atoms with E-state index in [1.807, 2.05) is 37.3 Å². The summed E-state index contributed by atoms with van der Waals surface area (Å²) in [5, 5.41) is 2.77. The molecule has 6 heteroatoms. The van der Waals surface area contributed by atoms with Crippen molar-refractivity contribution < 1.29 is 9.53 Å². The van der Waals surface area contributed by atoms with E-state index in [1.54, 1.807) is 12.1 Å². The van der Waals surface area contributed by atoms with Gasteiger partial charge < -0.3 is 9.72 Å². The third-order valence-electron chi connectivity index (χ3n) is 3.11. The SMILES string of the molecule is CCOc1ccc(Br)cc1C(=O)Nc1nc2ccccc2[nH]1. The number of nitrogens with one attached hydrogen (secondary N) is 2. The summed E-state index contributed by atoms with van der Waals surface area (Å²) in [6, 6.07) is 12.9. The number of anilines is 1. The van der Waals surface area contributed by atoms with Gasteiger partial charge in [-0.1, -0.05) is 28.1 Å². The number of aromatic amines is 1. The number of rotatable bonds is 4. The van der Waals surface area contributed by atoms with Gasteiger partial charge in [0.2, 0.25) is 5.95 Å². The van der Waals surface area contributed by atoms with Crippen LogP contribution in [0.4, 0.5) is 5.95 Å². The van der Waals surface area contributed by atoms with Crippen molar-refractivity contribution in [2.75, 3.05) is 11.9 Å². The van der Waals surface area contributed by atoms with Crippen LogP contribution in [0.1, 0.15) is 17.3 Å². The Balaban J connectivity index is 1.89. The van der Waals surface area contributed by atoms with Crippen molar-refractivity contribution in [3.63, 3.8) is 0 Å². The third kappa shape index (κ3) is 2.96. The van der Waals surface area contributed by atoms with Crippen LogP contribution in [0.25, 0.3) is 11.0 Å². The summed E-state index contributed by atoms with van der Waals surface area (Å²) in [5.74, 6) is 0.678. The molecule has 0 unspecified atom stereocenters. The molecule has 0 spiro atoms. The van der Waals surface area contributed by atoms with Crippen LogP contribution in [0.15, 0.2) is 46.9 Å². The lowest BCUT2D eigenvalue weighted by atomic mass is 10.2. The molecule has 0 aliphatic rings. The Morgan fingerprint density at radius 2 is 2.14 bits per heavy atom. The largest absolute Gasteiger partial charge is 0.493 e. The van der Waals surface area contributed by atoms with Gasteiger partial charge in [-0.15, -0.1) is 0 Å². The number of carbonyl (C=O) groups excluding carboxylic acids is 1. The van der Waals surface area contributed by atoms with Gasteiger partial charge in [-0.2, -0.15) is 0 Å². The van der Waals surface area contributed by atoms with Crippen LogP contribution >= 0.6 is 15.9 Å². The van der Waals surface area contributed by atoms with Gasteiger partial charge in [0.15, 0.2) is 0 Å². The number of nitrogens with zero attached hydrogens (tertiary/aromatic N) is 1. The van der Waals surface area contributed by atoms with E-state index in [9.17, 15) is 4.79 Å². The fourth-order valence-corrected chi connectivity index (χ4v) is 2.51. The highest BCUT2D eigenvalue weighted by molar-refractivity contribution is 9.10. The van der Waals surface area contributed by atoms with Crippen LogP contribution in [0.5, 0.6) is 5.75 Å². The van der Waals surface area contributed by atoms with Crippen molar-refractivity contribution in [2.45, 2.75) is 6.92 Å². The van der Waals surface area contributed by atoms with E-state index in [1.165, 1.54) is 0 Å². The standard InChI is InChI=1S/C16H14BrN3O2/c1-2-22-14-8-7-10(17)9-11(14)15(21)20-16-18-12-5-3-4-6-13(12)19-16/h3-9H,2H2,1H3,(H2,18,19,20,21). The van der Waals surface area contributed by atoms with Crippen LogP contribution in [0, 0.1) is 0 Å². The molecule has 2 aromatic carbocycles. The predicted molar refractivity (Wildman–Crippen MR) is 89.4 cm³/mol. The number of hydrogen-bond acceptors (Lipinski definition) is 3. The molecular weight excluding hydrogens is 346 g/mol. The summed E-state index contributed by atoms with van der Waals surface area (Å²) in [6.45, 7) is 2.37. The van der Waals surface area contributed by atoms with Crippen molar-refractivity contribution in [2.24, 2.45) is 0 Å². The van der Waals surface area contributed by atoms with Crippen molar-refractivity contribution in [3.8, 4) is 5.75 Å². The maximum Gasteiger partial charge on any atom is 0.261 e. The number of fused-ring (bicyclic) bond motifs is 1. The molecule has 112 valence electrons. The molecule has 3 aromatic rings. The van der Waals surface area contributed by atoms with E-state index in [4.69, 9.17) is 4.74 Å². The predicted octanol–water partition coefficient (Wildman–Crippen LogP) is 3.98. The van der Waals surface area contributed by atoms with Crippen molar-refractivity contribution in [3.05, 3.63) is 52.5 Å². The van der Waals surface area contributed by atoms with Crippen LogP contribution in [0.3, 0.4) is 0 Å². The minimum absolute atomic E-state index is 0.274. The number of amides is 1. The highest BCUT2D eigenvalue weighted by Gasteiger charge is 2.15. The summed E-state index contributed by atoms with van der Waals surface area (Å²) in [4.78, 5) is 19.9. The maximum atomic E-state index is 12.5. The van der Waals surface area contributed by atoms with Gasteiger partial charge in [0, 0.05) is 4.47 Å². The van der Waals surface area contributed by atoms with Gasteiger partial charge in [0.05, 0.1) is 23.2 Å². The lowest BCUT2D eigenvalue weighted by Crippen LogP contribution is -2.14. The Labute approximate surface area is 135 Å². The second-order valence-corrected chi connectivity index (χ2v) is 5.55. The summed E-state index contributed by atoms with van der Waals surface area (Å²) >= 11 is 3.37. The van der Waals surface area contributed by atoms with Gasteiger partial charge in [-0.25, -0.2) is 4.98 Å². The molecule has 2 N–H and O–H groups in total. The molecule has 0 aliphatic carbocycles. The molecule has 0 bridgehead atoms. The van der Waals surface area contributed by atoms with Crippen molar-refractivity contribution in [1.82, 2.24) is 9.97 Å². The quantitative estimate of drug-likeness (QED) is 0.740. The third-order valence-corrected chi connectivity index (χ3v) is 3.60. The average molecular weight is 360 g/mol. The highest BCUT2D eigenvalue weighted by atomic mass is 79.9. The molecule has 1 amide bonds. The zero-order valence-electron chi connectivity index (χ0n) is 11.9. The van der Waals surface area contributed by atoms with Gasteiger partial charge in [-0.05, 0) is 37.3 Å². The Hall–Kier alpha value is -2.34. The molecule has 1 aromatic heterocycles. The summed E-state index contributed by atoms with van der Waals surface area (Å²) in [6.07, 6.45) is 0. The molecule has 0 fully saturated rings. The number of H-pyrrole nitrogens is 1. The minimum atomic E-state index is -0.274. The minimum Gasteiger partial charge on any atom is -0.493 e. The number of benzene rings is 2. The summed E-state index contributed by atoms with van der Waals surface area (Å²) < 4.78 is 6.31. The number of halogens is 1. The topological polar surface area (TPSA) is 67.0 Å². The van der Waals surface area contributed by atoms with E-state index >= 15 is 0 Å². The molecule has 0 saturated carbocycles. The van der Waals surface area contributed by atoms with Gasteiger partial charge in [0.1, 0.15) is 5.75 Å². The van der Waals surface area contributed by atoms with E-state index in [2.05, 4.69) is 31.2 Å². The first kappa shape index (κ1) is 14.6. The lowest BCUT2D eigenvalue weighted by Gasteiger charge is -2.10. The normalized spacial score (nSPS) is 10.6. The monoisotopic (exact) mass is 359 g/mol. The molecule has 0 aliphatic heterocycles. The molecule has 1 heterocycles. The Morgan fingerprint density at radius 3 is 2.91 bits per heavy atom. The van der Waals surface area contributed by atoms with Crippen LogP contribution in [-0.2, 0) is 0 Å². The zero-order valence-corrected chi connectivity index (χ0v) is 13.5. The second kappa shape index (κ2) is 6.19. The average Bonchev–Trinajstić information content (AvgIpc) is 2.91. The number of imidazole rings is 1. The van der Waals surface area contributed by atoms with E-state index < -0.39 is 0 Å². The number of ether oxygens (including phenoxy) is 1. The van der Waals surface area contributed by atoms with Gasteiger partial charge in [-0.3, -0.25) is 10.1 Å². The van der Waals surface area contributed by atoms with E-state index in [0.29, 0.717) is 23.9 Å². The molecular formula is C16H14BrN3O2. The Bertz CT molecular complexity index is 796. The number of hydrogen-bond donors (Lipinski definition) is 2. The number of aromatic nitrogens is 2. The van der Waals surface area contributed by atoms with Crippen molar-refractivity contribution in [1.29, 1.82) is 0 Å². The molecule has 0 radical (unpaired) electrons. The van der Waals surface area contributed by atoms with Gasteiger partial charge >= 0.3 is 0 Å². The molecule has 3 rings (SSSR count). The van der Waals surface area contributed by atoms with E-state index in [-0.39, 0.29) is 5.91 Å². The van der Waals surface area contributed by atoms with Crippen LogP contribution < -0.4 is 10.1 Å². The number of carbonyl (C=O) groups is 1. The first-order valence-corrected chi connectivity index (χ1v) is 7.65. The Morgan fingerprint density at radius 1 is 1.32 bits per heavy atom. The maximum absolute atomic E-state index is 12.5. The van der Waals surface area contributed by atoms with Gasteiger partial charge in [0.25, 0.3) is 5.91 Å². The molecule has 5 nitrogen and oxygen atoms in total. The summed E-state index contributed by atoms with van der Waals surface area (Å²) in [5.41, 5.74) is 2.13. The fraction of sp³-hybridized carbons (Fsp3) is 0.125. The molecule has 0 saturated heterocycles.